The molecule has 0 atom stereocenters. The summed E-state index contributed by atoms with van der Waals surface area (Å²) in [6.07, 6.45) is 0. The molecule has 0 heterocycles. The first kappa shape index (κ1) is 25.9. The number of hydrogen-bond acceptors (Lipinski definition) is 4. The summed E-state index contributed by atoms with van der Waals surface area (Å²) in [6.45, 7) is 6.35. The van der Waals surface area contributed by atoms with Crippen molar-refractivity contribution in [2.45, 2.75) is 31.1 Å². The van der Waals surface area contributed by atoms with Crippen molar-refractivity contribution in [1.82, 2.24) is 0 Å². The van der Waals surface area contributed by atoms with Gasteiger partial charge in [-0.2, -0.15) is 0 Å². The minimum absolute atomic E-state index is 0.00378. The van der Waals surface area contributed by atoms with Gasteiger partial charge in [-0.25, -0.2) is 8.42 Å². The van der Waals surface area contributed by atoms with Crippen LogP contribution in [0.3, 0.4) is 0 Å². The van der Waals surface area contributed by atoms with Gasteiger partial charge >= 0.3 is 0 Å². The molecule has 7 heteroatoms. The molecular formula is C30H28N2O4S. The maximum atomic E-state index is 13.0. The molecule has 4 aromatic carbocycles. The molecule has 0 aliphatic heterocycles. The van der Waals surface area contributed by atoms with E-state index in [9.17, 15) is 18.0 Å². The van der Waals surface area contributed by atoms with Gasteiger partial charge in [0.05, 0.1) is 4.90 Å². The molecule has 0 aliphatic carbocycles. The lowest BCUT2D eigenvalue weighted by Gasteiger charge is -2.19. The van der Waals surface area contributed by atoms with Crippen LogP contribution in [0.5, 0.6) is 0 Å². The van der Waals surface area contributed by atoms with E-state index in [0.717, 1.165) is 5.56 Å². The molecule has 188 valence electrons. The number of sulfonamides is 1. The Morgan fingerprint density at radius 2 is 1.27 bits per heavy atom. The van der Waals surface area contributed by atoms with Crippen LogP contribution in [0.2, 0.25) is 0 Å². The maximum absolute atomic E-state index is 13.0. The Bertz CT molecular complexity index is 1520. The van der Waals surface area contributed by atoms with E-state index in [2.05, 4.69) is 30.8 Å². The number of anilines is 2. The molecule has 4 rings (SSSR count). The van der Waals surface area contributed by atoms with Gasteiger partial charge in [-0.05, 0) is 59.5 Å². The van der Waals surface area contributed by atoms with Crippen LogP contribution in [0, 0.1) is 0 Å². The largest absolute Gasteiger partial charge is 0.322 e. The van der Waals surface area contributed by atoms with E-state index in [-0.39, 0.29) is 22.0 Å². The van der Waals surface area contributed by atoms with Crippen molar-refractivity contribution in [1.29, 1.82) is 0 Å². The van der Waals surface area contributed by atoms with E-state index < -0.39 is 10.0 Å². The lowest BCUT2D eigenvalue weighted by Crippen LogP contribution is -2.14. The zero-order valence-electron chi connectivity index (χ0n) is 20.9. The molecule has 0 aromatic heterocycles. The fourth-order valence-corrected chi connectivity index (χ4v) is 4.81. The average Bonchev–Trinajstić information content (AvgIpc) is 2.89. The van der Waals surface area contributed by atoms with Crippen LogP contribution < -0.4 is 10.0 Å². The second-order valence-corrected chi connectivity index (χ2v) is 11.4. The Balaban J connectivity index is 1.44. The summed E-state index contributed by atoms with van der Waals surface area (Å²) in [5.74, 6) is -0.511. The second-order valence-electron chi connectivity index (χ2n) is 9.69. The van der Waals surface area contributed by atoms with E-state index in [1.54, 1.807) is 42.5 Å². The van der Waals surface area contributed by atoms with Crippen molar-refractivity contribution in [3.8, 4) is 0 Å². The topological polar surface area (TPSA) is 92.3 Å². The molecule has 6 nitrogen and oxygen atoms in total. The number of hydrogen-bond donors (Lipinski definition) is 2. The zero-order chi connectivity index (χ0) is 26.6. The van der Waals surface area contributed by atoms with Crippen molar-refractivity contribution in [3.63, 3.8) is 0 Å². The highest BCUT2D eigenvalue weighted by Gasteiger charge is 2.16. The van der Waals surface area contributed by atoms with Gasteiger partial charge in [0.1, 0.15) is 0 Å². The van der Waals surface area contributed by atoms with E-state index >= 15 is 0 Å². The third kappa shape index (κ3) is 6.32. The van der Waals surface area contributed by atoms with Gasteiger partial charge in [0.25, 0.3) is 15.9 Å². The maximum Gasteiger partial charge on any atom is 0.261 e. The molecule has 0 fully saturated rings. The highest BCUT2D eigenvalue weighted by Crippen LogP contribution is 2.24. The third-order valence-corrected chi connectivity index (χ3v) is 7.25. The minimum Gasteiger partial charge on any atom is -0.322 e. The fourth-order valence-electron chi connectivity index (χ4n) is 3.73. The molecule has 0 aliphatic rings. The molecule has 0 bridgehead atoms. The second kappa shape index (κ2) is 10.4. The molecule has 37 heavy (non-hydrogen) atoms. The van der Waals surface area contributed by atoms with Gasteiger partial charge in [-0.15, -0.1) is 0 Å². The number of carbonyl (C=O) groups is 2. The van der Waals surface area contributed by atoms with Crippen molar-refractivity contribution in [2.75, 3.05) is 10.0 Å². The average molecular weight is 513 g/mol. The minimum atomic E-state index is -3.72. The first-order chi connectivity index (χ1) is 17.5. The number of ketones is 1. The predicted octanol–water partition coefficient (Wildman–Crippen LogP) is 6.27. The molecule has 0 saturated carbocycles. The number of amides is 1. The summed E-state index contributed by atoms with van der Waals surface area (Å²) in [7, 11) is -3.72. The number of carbonyl (C=O) groups excluding carboxylic acids is 2. The van der Waals surface area contributed by atoms with Crippen molar-refractivity contribution < 1.29 is 18.0 Å². The molecule has 1 amide bonds. The molecular weight excluding hydrogens is 484 g/mol. The van der Waals surface area contributed by atoms with Crippen LogP contribution in [0.1, 0.15) is 52.6 Å². The molecule has 0 radical (unpaired) electrons. The number of benzene rings is 4. The molecule has 0 unspecified atom stereocenters. The Kier molecular flexibility index (Phi) is 7.27. The summed E-state index contributed by atoms with van der Waals surface area (Å²) in [4.78, 5) is 25.9. The van der Waals surface area contributed by atoms with Crippen LogP contribution in [0.4, 0.5) is 11.4 Å². The van der Waals surface area contributed by atoms with Crippen molar-refractivity contribution in [3.05, 3.63) is 125 Å². The summed E-state index contributed by atoms with van der Waals surface area (Å²) in [6, 6.07) is 28.5. The van der Waals surface area contributed by atoms with Gasteiger partial charge in [-0.3, -0.25) is 14.3 Å². The van der Waals surface area contributed by atoms with E-state index in [0.29, 0.717) is 28.1 Å². The van der Waals surface area contributed by atoms with Gasteiger partial charge in [0, 0.05) is 28.1 Å². The van der Waals surface area contributed by atoms with Crippen LogP contribution >= 0.6 is 0 Å². The summed E-state index contributed by atoms with van der Waals surface area (Å²) in [5, 5.41) is 2.80. The smallest absolute Gasteiger partial charge is 0.261 e. The monoisotopic (exact) mass is 512 g/mol. The van der Waals surface area contributed by atoms with Gasteiger partial charge < -0.3 is 5.32 Å². The summed E-state index contributed by atoms with van der Waals surface area (Å²) < 4.78 is 27.5. The fraction of sp³-hybridized carbons (Fsp3) is 0.133. The van der Waals surface area contributed by atoms with E-state index in [1.807, 2.05) is 24.3 Å². The van der Waals surface area contributed by atoms with Crippen molar-refractivity contribution >= 4 is 33.1 Å². The zero-order valence-corrected chi connectivity index (χ0v) is 21.7. The normalized spacial score (nSPS) is 11.5. The molecule has 4 aromatic rings. The number of rotatable bonds is 7. The van der Waals surface area contributed by atoms with Crippen LogP contribution in [-0.4, -0.2) is 20.1 Å². The third-order valence-electron chi connectivity index (χ3n) is 5.85. The Morgan fingerprint density at radius 1 is 0.649 bits per heavy atom. The molecule has 0 saturated heterocycles. The van der Waals surface area contributed by atoms with Crippen LogP contribution in [-0.2, 0) is 15.4 Å². The summed E-state index contributed by atoms with van der Waals surface area (Å²) in [5.41, 5.74) is 3.34. The first-order valence-electron chi connectivity index (χ1n) is 11.8. The summed E-state index contributed by atoms with van der Waals surface area (Å²) >= 11 is 0. The Morgan fingerprint density at radius 3 is 1.89 bits per heavy atom. The van der Waals surface area contributed by atoms with Crippen LogP contribution in [0.15, 0.2) is 108 Å². The Labute approximate surface area is 217 Å². The standard InChI is InChI=1S/C30H28N2O4S/c1-30(2,3)24-16-12-21(13-17-24)28(33)23-8-7-9-26(20-23)31-29(34)22-14-18-25(19-15-22)32-37(35,36)27-10-5-4-6-11-27/h4-20,32H,1-3H3,(H,31,34). The first-order valence-corrected chi connectivity index (χ1v) is 13.3. The lowest BCUT2D eigenvalue weighted by atomic mass is 9.86. The predicted molar refractivity (Wildman–Crippen MR) is 147 cm³/mol. The molecule has 0 spiro atoms. The van der Waals surface area contributed by atoms with Crippen molar-refractivity contribution in [2.24, 2.45) is 0 Å². The van der Waals surface area contributed by atoms with Gasteiger partial charge in [0.2, 0.25) is 0 Å². The van der Waals surface area contributed by atoms with Gasteiger partial charge in [-0.1, -0.05) is 75.4 Å². The Hall–Kier alpha value is -4.23. The van der Waals surface area contributed by atoms with Crippen LogP contribution in [0.25, 0.3) is 0 Å². The number of nitrogens with one attached hydrogen (secondary N) is 2. The highest BCUT2D eigenvalue weighted by molar-refractivity contribution is 7.92. The van der Waals surface area contributed by atoms with Gasteiger partial charge in [0.15, 0.2) is 5.78 Å². The van der Waals surface area contributed by atoms with E-state index in [1.165, 1.54) is 36.4 Å². The SMILES string of the molecule is CC(C)(C)c1ccc(C(=O)c2cccc(NC(=O)c3ccc(NS(=O)(=O)c4ccccc4)cc3)c2)cc1. The highest BCUT2D eigenvalue weighted by atomic mass is 32.2. The quantitative estimate of drug-likeness (QED) is 0.286. The molecule has 2 N–H and O–H groups in total. The lowest BCUT2D eigenvalue weighted by molar-refractivity contribution is 0.102. The van der Waals surface area contributed by atoms with E-state index in [4.69, 9.17) is 0 Å².